The first-order chi connectivity index (χ1) is 3.79. The van der Waals surface area contributed by atoms with Gasteiger partial charge in [0, 0.05) is 9.67 Å². The summed E-state index contributed by atoms with van der Waals surface area (Å²) >= 11 is 0. The Morgan fingerprint density at radius 3 is 2.75 bits per heavy atom. The van der Waals surface area contributed by atoms with Gasteiger partial charge in [-0.05, 0) is 0 Å². The molecular formula is C4H6N2O2+. The Kier molecular flexibility index (Phi) is 1.24. The number of nitrogens with zero attached hydrogens (tertiary/aromatic N) is 2. The van der Waals surface area contributed by atoms with E-state index in [0.717, 1.165) is 4.76 Å². The lowest BCUT2D eigenvalue weighted by Gasteiger charge is -1.99. The number of piperazine rings is 1. The molecule has 8 heavy (non-hydrogen) atoms. The molecule has 43 valence electrons. The maximum absolute atomic E-state index is 10.3. The van der Waals surface area contributed by atoms with Crippen LogP contribution in [0, 0.1) is 4.91 Å². The van der Waals surface area contributed by atoms with Crippen molar-refractivity contribution >= 4 is 5.91 Å². The van der Waals surface area contributed by atoms with Crippen LogP contribution in [-0.2, 0) is 4.79 Å². The predicted octanol–water partition coefficient (Wildman–Crippen LogP) is -1.09. The molecule has 0 aromatic carbocycles. The highest BCUT2D eigenvalue weighted by Crippen LogP contribution is 1.82. The van der Waals surface area contributed by atoms with Crippen molar-refractivity contribution in [3.8, 4) is 0 Å². The minimum atomic E-state index is -0.300. The highest BCUT2D eigenvalue weighted by Gasteiger charge is 2.21. The second-order valence-corrected chi connectivity index (χ2v) is 1.64. The van der Waals surface area contributed by atoms with Crippen LogP contribution in [-0.4, -0.2) is 30.3 Å². The molecule has 1 rings (SSSR count). The third-order valence-corrected chi connectivity index (χ3v) is 0.949. The van der Waals surface area contributed by atoms with Gasteiger partial charge in [-0.1, -0.05) is 0 Å². The molecule has 1 heterocycles. The Bertz CT molecular complexity index is 118. The van der Waals surface area contributed by atoms with Gasteiger partial charge in [0.25, 0.3) is 6.54 Å². The van der Waals surface area contributed by atoms with Crippen LogP contribution in [0.4, 0.5) is 0 Å². The molecule has 1 saturated heterocycles. The van der Waals surface area contributed by atoms with Crippen LogP contribution >= 0.6 is 0 Å². The van der Waals surface area contributed by atoms with E-state index in [2.05, 4.69) is 5.32 Å². The number of nitroso groups, excluding NO2 is 1. The number of hydrogen-bond acceptors (Lipinski definition) is 2. The lowest BCUT2D eigenvalue weighted by atomic mass is 10.4. The summed E-state index contributed by atoms with van der Waals surface area (Å²) in [6.45, 7) is 0.675. The zero-order valence-electron chi connectivity index (χ0n) is 4.33. The first kappa shape index (κ1) is 5.21. The number of hydrogen-bond donors (Lipinski definition) is 0. The van der Waals surface area contributed by atoms with Crippen LogP contribution in [0.2, 0.25) is 0 Å². The molecule has 0 aromatic rings. The Labute approximate surface area is 46.4 Å². The summed E-state index contributed by atoms with van der Waals surface area (Å²) in [4.78, 5) is 20.6. The van der Waals surface area contributed by atoms with E-state index in [1.807, 2.05) is 0 Å². The molecule has 1 aliphatic heterocycles. The molecule has 0 saturated carbocycles. The summed E-state index contributed by atoms with van der Waals surface area (Å²) in [5.74, 6) is -0.300. The maximum atomic E-state index is 10.3. The molecule has 4 heteroatoms. The summed E-state index contributed by atoms with van der Waals surface area (Å²) in [5.41, 5.74) is 0. The van der Waals surface area contributed by atoms with Gasteiger partial charge in [0.05, 0.1) is 0 Å². The van der Waals surface area contributed by atoms with Crippen molar-refractivity contribution in [1.29, 1.82) is 0 Å². The second kappa shape index (κ2) is 1.90. The summed E-state index contributed by atoms with van der Waals surface area (Å²) in [7, 11) is 0. The summed E-state index contributed by atoms with van der Waals surface area (Å²) in [6, 6.07) is 0. The fourth-order valence-corrected chi connectivity index (χ4v) is 0.566. The number of carbonyl (C=O) groups is 1. The van der Waals surface area contributed by atoms with Crippen molar-refractivity contribution in [3.05, 3.63) is 4.91 Å². The van der Waals surface area contributed by atoms with E-state index >= 15 is 0 Å². The fourth-order valence-electron chi connectivity index (χ4n) is 0.566. The minimum Gasteiger partial charge on any atom is -0.265 e. The van der Waals surface area contributed by atoms with E-state index in [1.165, 1.54) is 0 Å². The predicted molar refractivity (Wildman–Crippen MR) is 25.4 cm³/mol. The van der Waals surface area contributed by atoms with Gasteiger partial charge in [0.15, 0.2) is 0 Å². The van der Waals surface area contributed by atoms with Gasteiger partial charge in [0.2, 0.25) is 6.54 Å². The SMILES string of the molecule is O=C1C[N+](=O)CC[N]1. The molecule has 0 aliphatic carbocycles. The molecule has 0 aromatic heterocycles. The average molecular weight is 114 g/mol. The molecule has 1 aliphatic rings. The summed E-state index contributed by atoms with van der Waals surface area (Å²) < 4.78 is 0.718. The van der Waals surface area contributed by atoms with E-state index < -0.39 is 0 Å². The quantitative estimate of drug-likeness (QED) is 0.376. The first-order valence-corrected chi connectivity index (χ1v) is 2.41. The standard InChI is InChI=1S/C4H6N2O2/c7-4-3-6(8)2-1-5-4/h1-3H2/q+1. The van der Waals surface area contributed by atoms with E-state index in [9.17, 15) is 9.70 Å². The van der Waals surface area contributed by atoms with Crippen molar-refractivity contribution in [2.75, 3.05) is 19.6 Å². The van der Waals surface area contributed by atoms with Gasteiger partial charge < -0.3 is 0 Å². The van der Waals surface area contributed by atoms with Crippen molar-refractivity contribution in [2.24, 2.45) is 0 Å². The van der Waals surface area contributed by atoms with Crippen LogP contribution in [0.5, 0.6) is 0 Å². The number of rotatable bonds is 0. The van der Waals surface area contributed by atoms with Crippen LogP contribution in [0.1, 0.15) is 0 Å². The van der Waals surface area contributed by atoms with Crippen LogP contribution in [0.3, 0.4) is 0 Å². The molecule has 0 atom stereocenters. The van der Waals surface area contributed by atoms with Crippen molar-refractivity contribution in [2.45, 2.75) is 0 Å². The molecule has 1 amide bonds. The summed E-state index contributed by atoms with van der Waals surface area (Å²) in [5, 5.41) is 3.50. The molecular weight excluding hydrogens is 108 g/mol. The van der Waals surface area contributed by atoms with Crippen LogP contribution in [0.15, 0.2) is 0 Å². The monoisotopic (exact) mass is 114 g/mol. The van der Waals surface area contributed by atoms with Gasteiger partial charge in [0.1, 0.15) is 6.54 Å². The fraction of sp³-hybridized carbons (Fsp3) is 0.750. The van der Waals surface area contributed by atoms with Crippen LogP contribution < -0.4 is 5.32 Å². The first-order valence-electron chi connectivity index (χ1n) is 2.41. The Morgan fingerprint density at radius 1 is 1.62 bits per heavy atom. The van der Waals surface area contributed by atoms with Gasteiger partial charge in [-0.3, -0.25) is 4.79 Å². The molecule has 0 bridgehead atoms. The minimum absolute atomic E-state index is 0.0556. The molecule has 1 fully saturated rings. The van der Waals surface area contributed by atoms with Crippen molar-refractivity contribution in [1.82, 2.24) is 5.32 Å². The lowest BCUT2D eigenvalue weighted by Crippen LogP contribution is -2.37. The smallest absolute Gasteiger partial charge is 0.265 e. The van der Waals surface area contributed by atoms with Crippen molar-refractivity contribution in [3.63, 3.8) is 0 Å². The topological polar surface area (TPSA) is 51.2 Å². The number of amides is 1. The highest BCUT2D eigenvalue weighted by molar-refractivity contribution is 5.76. The third-order valence-electron chi connectivity index (χ3n) is 0.949. The molecule has 0 spiro atoms. The third kappa shape index (κ3) is 1.02. The Hall–Kier alpha value is -0.930. The number of carbonyl (C=O) groups excluding carboxylic acids is 1. The molecule has 4 nitrogen and oxygen atoms in total. The largest absolute Gasteiger partial charge is 0.311 e. The Morgan fingerprint density at radius 2 is 2.38 bits per heavy atom. The average Bonchev–Trinajstić information content (AvgIpc) is 1.64. The maximum Gasteiger partial charge on any atom is 0.311 e. The van der Waals surface area contributed by atoms with Gasteiger partial charge in [-0.25, -0.2) is 5.32 Å². The van der Waals surface area contributed by atoms with E-state index in [1.54, 1.807) is 0 Å². The second-order valence-electron chi connectivity index (χ2n) is 1.64. The normalized spacial score (nSPS) is 20.5. The van der Waals surface area contributed by atoms with E-state index in [-0.39, 0.29) is 12.5 Å². The highest BCUT2D eigenvalue weighted by atomic mass is 16.3. The molecule has 0 unspecified atom stereocenters. The molecule has 1 radical (unpaired) electrons. The Balaban J connectivity index is 2.45. The van der Waals surface area contributed by atoms with E-state index in [0.29, 0.717) is 13.1 Å². The lowest BCUT2D eigenvalue weighted by molar-refractivity contribution is -0.540. The van der Waals surface area contributed by atoms with Gasteiger partial charge in [-0.15, -0.1) is 0 Å². The zero-order valence-corrected chi connectivity index (χ0v) is 4.33. The van der Waals surface area contributed by atoms with Gasteiger partial charge >= 0.3 is 5.91 Å². The summed E-state index contributed by atoms with van der Waals surface area (Å²) in [6.07, 6.45) is 0. The van der Waals surface area contributed by atoms with Gasteiger partial charge in [-0.2, -0.15) is 0 Å². The van der Waals surface area contributed by atoms with Crippen molar-refractivity contribution < 1.29 is 9.55 Å². The molecule has 0 N–H and O–H groups in total. The van der Waals surface area contributed by atoms with E-state index in [4.69, 9.17) is 0 Å². The zero-order chi connectivity index (χ0) is 5.98. The van der Waals surface area contributed by atoms with Crippen LogP contribution in [0.25, 0.3) is 0 Å².